The van der Waals surface area contributed by atoms with Gasteiger partial charge in [-0.2, -0.15) is 13.2 Å². The maximum atomic E-state index is 14.3. The molecule has 2 amide bonds. The summed E-state index contributed by atoms with van der Waals surface area (Å²) < 4.78 is 66.0. The average molecular weight is 392 g/mol. The fourth-order valence-electron chi connectivity index (χ4n) is 3.33. The number of rotatable bonds is 4. The Bertz CT molecular complexity index is 751. The van der Waals surface area contributed by atoms with Gasteiger partial charge in [-0.1, -0.05) is 6.07 Å². The molecule has 3 rings (SSSR count). The van der Waals surface area contributed by atoms with Gasteiger partial charge in [-0.3, -0.25) is 9.69 Å². The van der Waals surface area contributed by atoms with Gasteiger partial charge in [-0.25, -0.2) is 13.6 Å². The molecule has 1 saturated heterocycles. The second-order valence-corrected chi connectivity index (χ2v) is 6.84. The minimum absolute atomic E-state index is 0.101. The topological polar surface area (TPSA) is 69.6 Å². The predicted molar refractivity (Wildman–Crippen MR) is 83.0 cm³/mol. The van der Waals surface area contributed by atoms with Gasteiger partial charge in [-0.15, -0.1) is 0 Å². The zero-order valence-corrected chi connectivity index (χ0v) is 14.0. The molecule has 1 aliphatic heterocycles. The van der Waals surface area contributed by atoms with Gasteiger partial charge in [0.25, 0.3) is 0 Å². The van der Waals surface area contributed by atoms with Crippen LogP contribution in [0.15, 0.2) is 18.2 Å². The Morgan fingerprint density at radius 1 is 1.26 bits per heavy atom. The molecule has 1 heterocycles. The smallest absolute Gasteiger partial charge is 0.416 e. The fourth-order valence-corrected chi connectivity index (χ4v) is 3.33. The molecule has 1 aromatic rings. The van der Waals surface area contributed by atoms with E-state index in [2.05, 4.69) is 5.32 Å². The minimum Gasteiger partial charge on any atom is -0.465 e. The van der Waals surface area contributed by atoms with Crippen molar-refractivity contribution in [3.8, 4) is 0 Å². The molecule has 5 nitrogen and oxygen atoms in total. The van der Waals surface area contributed by atoms with Crippen LogP contribution < -0.4 is 5.32 Å². The normalized spacial score (nSPS) is 24.0. The monoisotopic (exact) mass is 392 g/mol. The van der Waals surface area contributed by atoms with Crippen LogP contribution in [0.1, 0.15) is 36.4 Å². The van der Waals surface area contributed by atoms with E-state index in [1.54, 1.807) is 0 Å². The number of likely N-dealkylation sites (tertiary alicyclic amines) is 1. The highest BCUT2D eigenvalue weighted by Gasteiger charge is 2.43. The number of nitrogens with one attached hydrogen (secondary N) is 1. The number of benzene rings is 1. The largest absolute Gasteiger partial charge is 0.465 e. The molecule has 27 heavy (non-hydrogen) atoms. The average Bonchev–Trinajstić information content (AvgIpc) is 3.33. The third-order valence-electron chi connectivity index (χ3n) is 4.85. The third-order valence-corrected chi connectivity index (χ3v) is 4.85. The molecular weight excluding hydrogens is 375 g/mol. The predicted octanol–water partition coefficient (Wildman–Crippen LogP) is 3.50. The van der Waals surface area contributed by atoms with Crippen LogP contribution in [0.2, 0.25) is 0 Å². The van der Waals surface area contributed by atoms with Crippen LogP contribution in [0.4, 0.5) is 26.7 Å². The Balaban J connectivity index is 1.81. The summed E-state index contributed by atoms with van der Waals surface area (Å²) in [5, 5.41) is 11.6. The zero-order chi connectivity index (χ0) is 19.9. The molecule has 1 unspecified atom stereocenters. The van der Waals surface area contributed by atoms with Crippen LogP contribution in [0, 0.1) is 11.7 Å². The van der Waals surface area contributed by atoms with Gasteiger partial charge < -0.3 is 10.4 Å². The molecule has 2 aliphatic rings. The number of alkyl halides is 4. The first-order chi connectivity index (χ1) is 12.6. The summed E-state index contributed by atoms with van der Waals surface area (Å²) in [5.74, 6) is -2.05. The lowest BCUT2D eigenvalue weighted by molar-refractivity contribution is -0.137. The summed E-state index contributed by atoms with van der Waals surface area (Å²) in [4.78, 5) is 24.3. The van der Waals surface area contributed by atoms with Crippen molar-refractivity contribution in [3.63, 3.8) is 0 Å². The van der Waals surface area contributed by atoms with Gasteiger partial charge in [0, 0.05) is 12.0 Å². The molecule has 0 aromatic heterocycles. The SMILES string of the molecule is O=C(NC(c1ccc(C(F)(F)F)cc1F)C1CC1)[C@H]1C[C@H](F)CN1C(=O)O. The van der Waals surface area contributed by atoms with Gasteiger partial charge in [-0.05, 0) is 30.9 Å². The van der Waals surface area contributed by atoms with E-state index in [0.29, 0.717) is 23.8 Å². The van der Waals surface area contributed by atoms with Gasteiger partial charge in [0.1, 0.15) is 18.0 Å². The number of hydrogen-bond donors (Lipinski definition) is 2. The van der Waals surface area contributed by atoms with Gasteiger partial charge in [0.15, 0.2) is 0 Å². The van der Waals surface area contributed by atoms with Crippen molar-refractivity contribution in [3.05, 3.63) is 35.1 Å². The highest BCUT2D eigenvalue weighted by molar-refractivity contribution is 5.86. The number of carbonyl (C=O) groups is 2. The third kappa shape index (κ3) is 4.14. The summed E-state index contributed by atoms with van der Waals surface area (Å²) in [7, 11) is 0. The van der Waals surface area contributed by atoms with E-state index in [-0.39, 0.29) is 17.9 Å². The van der Waals surface area contributed by atoms with Crippen molar-refractivity contribution in [2.45, 2.75) is 43.7 Å². The number of halogens is 5. The van der Waals surface area contributed by atoms with Crippen LogP contribution in [0.25, 0.3) is 0 Å². The molecule has 0 radical (unpaired) electrons. The van der Waals surface area contributed by atoms with E-state index in [9.17, 15) is 31.5 Å². The maximum absolute atomic E-state index is 14.3. The molecule has 0 bridgehead atoms. The number of carbonyl (C=O) groups excluding carboxylic acids is 1. The van der Waals surface area contributed by atoms with E-state index >= 15 is 0 Å². The van der Waals surface area contributed by atoms with Crippen LogP contribution in [-0.2, 0) is 11.0 Å². The Hall–Kier alpha value is -2.39. The minimum atomic E-state index is -4.69. The summed E-state index contributed by atoms with van der Waals surface area (Å²) in [6, 6.07) is -0.0712. The lowest BCUT2D eigenvalue weighted by Gasteiger charge is -2.25. The first-order valence-corrected chi connectivity index (χ1v) is 8.38. The number of amides is 2. The first-order valence-electron chi connectivity index (χ1n) is 8.38. The Morgan fingerprint density at radius 3 is 2.44 bits per heavy atom. The van der Waals surface area contributed by atoms with E-state index in [4.69, 9.17) is 5.11 Å². The molecular formula is C17H17F5N2O3. The van der Waals surface area contributed by atoms with Crippen molar-refractivity contribution in [2.24, 2.45) is 5.92 Å². The standard InChI is InChI=1S/C17H17F5N2O3/c18-10-6-13(24(7-10)16(26)27)15(25)23-14(8-1-2-8)11-4-3-9(5-12(11)19)17(20,21)22/h3-5,8,10,13-14H,1-2,6-7H2,(H,23,25)(H,26,27)/t10-,13+,14?/m0/s1. The quantitative estimate of drug-likeness (QED) is 0.771. The molecule has 3 atom stereocenters. The molecule has 1 saturated carbocycles. The Labute approximate surface area is 151 Å². The van der Waals surface area contributed by atoms with Crippen molar-refractivity contribution in [1.29, 1.82) is 0 Å². The number of hydrogen-bond acceptors (Lipinski definition) is 2. The van der Waals surface area contributed by atoms with E-state index in [0.717, 1.165) is 12.1 Å². The molecule has 10 heteroatoms. The highest BCUT2D eigenvalue weighted by atomic mass is 19.4. The van der Waals surface area contributed by atoms with Crippen molar-refractivity contribution < 1.29 is 36.6 Å². The lowest BCUT2D eigenvalue weighted by Crippen LogP contribution is -2.46. The van der Waals surface area contributed by atoms with Crippen LogP contribution in [0.3, 0.4) is 0 Å². The van der Waals surface area contributed by atoms with Crippen molar-refractivity contribution >= 4 is 12.0 Å². The van der Waals surface area contributed by atoms with Gasteiger partial charge >= 0.3 is 12.3 Å². The van der Waals surface area contributed by atoms with Crippen LogP contribution in [-0.4, -0.2) is 40.8 Å². The molecule has 2 N–H and O–H groups in total. The Kier molecular flexibility index (Phi) is 5.00. The van der Waals surface area contributed by atoms with Crippen molar-refractivity contribution in [2.75, 3.05) is 6.54 Å². The number of nitrogens with zero attached hydrogens (tertiary/aromatic N) is 1. The summed E-state index contributed by atoms with van der Waals surface area (Å²) in [6.45, 7) is -0.434. The van der Waals surface area contributed by atoms with Crippen LogP contribution in [0.5, 0.6) is 0 Å². The van der Waals surface area contributed by atoms with Crippen LogP contribution >= 0.6 is 0 Å². The lowest BCUT2D eigenvalue weighted by atomic mass is 9.99. The number of carboxylic acid groups (broad SMARTS) is 1. The second-order valence-electron chi connectivity index (χ2n) is 6.84. The fraction of sp³-hybridized carbons (Fsp3) is 0.529. The van der Waals surface area contributed by atoms with Gasteiger partial charge in [0.2, 0.25) is 5.91 Å². The molecule has 0 spiro atoms. The molecule has 148 valence electrons. The van der Waals surface area contributed by atoms with E-state index in [1.807, 2.05) is 0 Å². The Morgan fingerprint density at radius 2 is 1.93 bits per heavy atom. The van der Waals surface area contributed by atoms with E-state index < -0.39 is 54.4 Å². The zero-order valence-electron chi connectivity index (χ0n) is 14.0. The summed E-state index contributed by atoms with van der Waals surface area (Å²) >= 11 is 0. The van der Waals surface area contributed by atoms with E-state index in [1.165, 1.54) is 0 Å². The summed E-state index contributed by atoms with van der Waals surface area (Å²) in [6.07, 6.45) is -6.66. The van der Waals surface area contributed by atoms with Crippen molar-refractivity contribution in [1.82, 2.24) is 10.2 Å². The highest BCUT2D eigenvalue weighted by Crippen LogP contribution is 2.43. The second kappa shape index (κ2) is 6.97. The molecule has 1 aromatic carbocycles. The summed E-state index contributed by atoms with van der Waals surface area (Å²) in [5.41, 5.74) is -1.24. The first kappa shape index (κ1) is 19.4. The maximum Gasteiger partial charge on any atom is 0.416 e. The molecule has 1 aliphatic carbocycles. The van der Waals surface area contributed by atoms with Gasteiger partial charge in [0.05, 0.1) is 18.2 Å². The molecule has 2 fully saturated rings.